The summed E-state index contributed by atoms with van der Waals surface area (Å²) in [6.07, 6.45) is 2.18. The van der Waals surface area contributed by atoms with Gasteiger partial charge in [-0.2, -0.15) is 0 Å². The molecule has 1 aliphatic rings. The van der Waals surface area contributed by atoms with Crippen LogP contribution in [0.3, 0.4) is 0 Å². The number of anilines is 2. The predicted octanol–water partition coefficient (Wildman–Crippen LogP) is 5.44. The monoisotopic (exact) mass is 516 g/mol. The molecule has 9 heteroatoms. The fraction of sp³-hybridized carbons (Fsp3) is 0.227. The topological polar surface area (TPSA) is 66.5 Å². The predicted molar refractivity (Wildman–Crippen MR) is 132 cm³/mol. The summed E-state index contributed by atoms with van der Waals surface area (Å²) >= 11 is 11.0. The number of carbonyl (C=O) groups excluding carboxylic acids is 1. The average Bonchev–Trinajstić information content (AvgIpc) is 3.37. The van der Waals surface area contributed by atoms with Gasteiger partial charge < -0.3 is 20.3 Å². The second-order valence-corrected chi connectivity index (χ2v) is 9.81. The molecule has 1 aromatic carbocycles. The number of thiophene rings is 1. The van der Waals surface area contributed by atoms with Crippen molar-refractivity contribution in [1.29, 1.82) is 0 Å². The van der Waals surface area contributed by atoms with Crippen LogP contribution < -0.4 is 20.3 Å². The van der Waals surface area contributed by atoms with Crippen LogP contribution in [0, 0.1) is 0 Å². The maximum absolute atomic E-state index is 11.9. The summed E-state index contributed by atoms with van der Waals surface area (Å²) in [6, 6.07) is 15.5. The van der Waals surface area contributed by atoms with E-state index in [1.54, 1.807) is 24.6 Å². The van der Waals surface area contributed by atoms with E-state index in [0.717, 1.165) is 20.0 Å². The fourth-order valence-electron chi connectivity index (χ4n) is 3.58. The number of nitrogens with one attached hydrogen (secondary N) is 2. The number of nitrogens with zero attached hydrogens (tertiary/aromatic N) is 2. The minimum atomic E-state index is -0.107. The highest BCUT2D eigenvalue weighted by molar-refractivity contribution is 9.11. The molecule has 160 valence electrons. The first kappa shape index (κ1) is 21.7. The molecule has 2 aromatic heterocycles. The number of amides is 1. The van der Waals surface area contributed by atoms with E-state index in [4.69, 9.17) is 17.0 Å². The van der Waals surface area contributed by atoms with Gasteiger partial charge in [-0.25, -0.2) is 0 Å². The second-order valence-electron chi connectivity index (χ2n) is 6.92. The van der Waals surface area contributed by atoms with Crippen molar-refractivity contribution in [3.8, 4) is 5.75 Å². The molecular formula is C22H21BrN4O2S2. The molecule has 0 aliphatic carbocycles. The number of aromatic nitrogens is 1. The lowest BCUT2D eigenvalue weighted by Gasteiger charge is -2.27. The maximum Gasteiger partial charge on any atom is 0.224 e. The lowest BCUT2D eigenvalue weighted by Crippen LogP contribution is -2.29. The van der Waals surface area contributed by atoms with Crippen molar-refractivity contribution in [2.45, 2.75) is 25.4 Å². The Bertz CT molecular complexity index is 1110. The standard InChI is InChI=1S/C22H21BrN4O2S2/c1-3-19(28)25-14-8-7-13(12-16(14)29-2)27-21(17-9-10-18(23)31-17)20(26-22(27)30)15-6-4-5-11-24-15/h4-12,20-21H,3H2,1-2H3,(H,25,28)(H,26,30)/t20-,21+/m1/s1. The molecule has 0 spiro atoms. The van der Waals surface area contributed by atoms with Crippen LogP contribution in [0.1, 0.15) is 36.0 Å². The van der Waals surface area contributed by atoms with Crippen LogP contribution in [0.25, 0.3) is 0 Å². The summed E-state index contributed by atoms with van der Waals surface area (Å²) in [4.78, 5) is 19.7. The first-order chi connectivity index (χ1) is 15.0. The summed E-state index contributed by atoms with van der Waals surface area (Å²) < 4.78 is 6.61. The van der Waals surface area contributed by atoms with E-state index >= 15 is 0 Å². The first-order valence-electron chi connectivity index (χ1n) is 9.75. The summed E-state index contributed by atoms with van der Waals surface area (Å²) in [7, 11) is 1.59. The van der Waals surface area contributed by atoms with Gasteiger partial charge in [-0.15, -0.1) is 11.3 Å². The van der Waals surface area contributed by atoms with Crippen molar-refractivity contribution in [2.75, 3.05) is 17.3 Å². The smallest absolute Gasteiger partial charge is 0.224 e. The summed E-state index contributed by atoms with van der Waals surface area (Å²) in [5.41, 5.74) is 2.42. The SMILES string of the molecule is CCC(=O)Nc1ccc(N2C(=S)N[C@H](c3ccccn3)[C@@H]2c2ccc(Br)s2)cc1OC. The third-order valence-corrected chi connectivity index (χ3v) is 7.05. The van der Waals surface area contributed by atoms with E-state index in [9.17, 15) is 4.79 Å². The normalized spacial score (nSPS) is 18.0. The minimum absolute atomic E-state index is 0.0686. The number of hydrogen-bond acceptors (Lipinski definition) is 5. The number of ether oxygens (including phenoxy) is 1. The van der Waals surface area contributed by atoms with Gasteiger partial charge in [0, 0.05) is 29.2 Å². The molecule has 0 unspecified atom stereocenters. The van der Waals surface area contributed by atoms with Gasteiger partial charge in [0.1, 0.15) is 5.75 Å². The van der Waals surface area contributed by atoms with Crippen LogP contribution in [0.5, 0.6) is 5.75 Å². The van der Waals surface area contributed by atoms with Gasteiger partial charge in [0.05, 0.1) is 34.4 Å². The highest BCUT2D eigenvalue weighted by Crippen LogP contribution is 2.45. The van der Waals surface area contributed by atoms with E-state index in [1.807, 2.05) is 49.4 Å². The molecule has 0 saturated carbocycles. The van der Waals surface area contributed by atoms with Crippen molar-refractivity contribution in [3.05, 3.63) is 69.1 Å². The number of pyridine rings is 1. The van der Waals surface area contributed by atoms with Gasteiger partial charge in [-0.05, 0) is 64.5 Å². The summed E-state index contributed by atoms with van der Waals surface area (Å²) in [5.74, 6) is 0.510. The summed E-state index contributed by atoms with van der Waals surface area (Å²) in [6.45, 7) is 1.81. The molecule has 0 radical (unpaired) electrons. The zero-order chi connectivity index (χ0) is 22.0. The van der Waals surface area contributed by atoms with Crippen LogP contribution >= 0.6 is 39.5 Å². The van der Waals surface area contributed by atoms with Gasteiger partial charge in [0.2, 0.25) is 5.91 Å². The molecule has 1 fully saturated rings. The number of thiocarbonyl (C=S) groups is 1. The lowest BCUT2D eigenvalue weighted by atomic mass is 10.0. The number of hydrogen-bond donors (Lipinski definition) is 2. The Morgan fingerprint density at radius 2 is 2.16 bits per heavy atom. The largest absolute Gasteiger partial charge is 0.494 e. The number of benzene rings is 1. The van der Waals surface area contributed by atoms with Crippen molar-refractivity contribution in [2.24, 2.45) is 0 Å². The third kappa shape index (κ3) is 4.44. The van der Waals surface area contributed by atoms with E-state index in [1.165, 1.54) is 0 Å². The molecule has 4 rings (SSSR count). The molecule has 2 atom stereocenters. The Morgan fingerprint density at radius 3 is 2.81 bits per heavy atom. The van der Waals surface area contributed by atoms with E-state index in [2.05, 4.69) is 42.5 Å². The molecular weight excluding hydrogens is 496 g/mol. The number of methoxy groups -OCH3 is 1. The molecule has 31 heavy (non-hydrogen) atoms. The Labute approximate surface area is 198 Å². The van der Waals surface area contributed by atoms with Crippen molar-refractivity contribution >= 4 is 61.9 Å². The van der Waals surface area contributed by atoms with Crippen LogP contribution in [0.4, 0.5) is 11.4 Å². The van der Waals surface area contributed by atoms with Gasteiger partial charge in [0.15, 0.2) is 5.11 Å². The van der Waals surface area contributed by atoms with Gasteiger partial charge in [0.25, 0.3) is 0 Å². The zero-order valence-electron chi connectivity index (χ0n) is 17.0. The van der Waals surface area contributed by atoms with Crippen molar-refractivity contribution in [3.63, 3.8) is 0 Å². The minimum Gasteiger partial charge on any atom is -0.494 e. The van der Waals surface area contributed by atoms with E-state index in [0.29, 0.717) is 23.0 Å². The van der Waals surface area contributed by atoms with Gasteiger partial charge in [-0.3, -0.25) is 9.78 Å². The van der Waals surface area contributed by atoms with Crippen molar-refractivity contribution < 1.29 is 9.53 Å². The molecule has 1 saturated heterocycles. The van der Waals surface area contributed by atoms with Crippen LogP contribution in [0.2, 0.25) is 0 Å². The Morgan fingerprint density at radius 1 is 1.32 bits per heavy atom. The summed E-state index contributed by atoms with van der Waals surface area (Å²) in [5, 5.41) is 6.93. The molecule has 6 nitrogen and oxygen atoms in total. The number of carbonyl (C=O) groups is 1. The molecule has 3 aromatic rings. The molecule has 1 aliphatic heterocycles. The van der Waals surface area contributed by atoms with Crippen molar-refractivity contribution in [1.82, 2.24) is 10.3 Å². The first-order valence-corrected chi connectivity index (χ1v) is 11.8. The van der Waals surface area contributed by atoms with Crippen LogP contribution in [-0.4, -0.2) is 23.1 Å². The fourth-order valence-corrected chi connectivity index (χ4v) is 5.48. The lowest BCUT2D eigenvalue weighted by molar-refractivity contribution is -0.115. The Kier molecular flexibility index (Phi) is 6.54. The van der Waals surface area contributed by atoms with E-state index < -0.39 is 0 Å². The molecule has 3 heterocycles. The number of halogens is 1. The molecule has 2 N–H and O–H groups in total. The average molecular weight is 517 g/mol. The number of rotatable bonds is 6. The van der Waals surface area contributed by atoms with Crippen LogP contribution in [-0.2, 0) is 4.79 Å². The Balaban J connectivity index is 1.76. The van der Waals surface area contributed by atoms with Crippen LogP contribution in [0.15, 0.2) is 58.5 Å². The van der Waals surface area contributed by atoms with Gasteiger partial charge >= 0.3 is 0 Å². The van der Waals surface area contributed by atoms with Gasteiger partial charge in [-0.1, -0.05) is 13.0 Å². The highest BCUT2D eigenvalue weighted by atomic mass is 79.9. The third-order valence-electron chi connectivity index (χ3n) is 5.04. The Hall–Kier alpha value is -2.49. The molecule has 0 bridgehead atoms. The molecule has 1 amide bonds. The maximum atomic E-state index is 11.9. The quantitative estimate of drug-likeness (QED) is 0.425. The highest BCUT2D eigenvalue weighted by Gasteiger charge is 2.41. The second kappa shape index (κ2) is 9.33. The van der Waals surface area contributed by atoms with E-state index in [-0.39, 0.29) is 18.0 Å². The zero-order valence-corrected chi connectivity index (χ0v) is 20.2.